The molecule has 2 nitrogen and oxygen atoms in total. The molecule has 0 bridgehead atoms. The van der Waals surface area contributed by atoms with Crippen LogP contribution >= 0.6 is 0 Å². The predicted octanol–water partition coefficient (Wildman–Crippen LogP) is 1.87. The minimum Gasteiger partial charge on any atom is -0.325 e. The van der Waals surface area contributed by atoms with Gasteiger partial charge in [-0.25, -0.2) is 0 Å². The Kier molecular flexibility index (Phi) is 2.89. The second kappa shape index (κ2) is 3.56. The van der Waals surface area contributed by atoms with E-state index in [0.717, 1.165) is 12.8 Å². The second-order valence-corrected chi connectivity index (χ2v) is 4.61. The van der Waals surface area contributed by atoms with E-state index in [1.165, 1.54) is 12.8 Å². The lowest BCUT2D eigenvalue weighted by Crippen LogP contribution is -2.36. The highest BCUT2D eigenvalue weighted by atomic mass is 16.1. The SMILES string of the molecule is CC(C)(N)CC(=O)C1CCCC1. The van der Waals surface area contributed by atoms with E-state index in [2.05, 4.69) is 0 Å². The van der Waals surface area contributed by atoms with Crippen LogP contribution in [0.15, 0.2) is 0 Å². The summed E-state index contributed by atoms with van der Waals surface area (Å²) >= 11 is 0. The fourth-order valence-corrected chi connectivity index (χ4v) is 1.84. The number of hydrogen-bond acceptors (Lipinski definition) is 2. The van der Waals surface area contributed by atoms with Crippen LogP contribution in [0.5, 0.6) is 0 Å². The van der Waals surface area contributed by atoms with Crippen LogP contribution < -0.4 is 5.73 Å². The van der Waals surface area contributed by atoms with Gasteiger partial charge in [0, 0.05) is 17.9 Å². The van der Waals surface area contributed by atoms with Gasteiger partial charge in [0.05, 0.1) is 0 Å². The topological polar surface area (TPSA) is 43.1 Å². The Morgan fingerprint density at radius 2 is 1.92 bits per heavy atom. The standard InChI is InChI=1S/C10H19NO/c1-10(2,11)7-9(12)8-5-3-4-6-8/h8H,3-7,11H2,1-2H3. The maximum absolute atomic E-state index is 11.6. The van der Waals surface area contributed by atoms with Gasteiger partial charge in [0.25, 0.3) is 0 Å². The molecule has 0 unspecified atom stereocenters. The lowest BCUT2D eigenvalue weighted by atomic mass is 9.91. The summed E-state index contributed by atoms with van der Waals surface area (Å²) in [6.07, 6.45) is 5.17. The van der Waals surface area contributed by atoms with Crippen molar-refractivity contribution in [2.75, 3.05) is 0 Å². The number of nitrogens with two attached hydrogens (primary N) is 1. The molecule has 0 aromatic heterocycles. The van der Waals surface area contributed by atoms with Crippen LogP contribution in [0, 0.1) is 5.92 Å². The average molecular weight is 169 g/mol. The summed E-state index contributed by atoms with van der Waals surface area (Å²) < 4.78 is 0. The third-order valence-electron chi connectivity index (χ3n) is 2.44. The van der Waals surface area contributed by atoms with Crippen molar-refractivity contribution in [3.05, 3.63) is 0 Å². The summed E-state index contributed by atoms with van der Waals surface area (Å²) in [5.74, 6) is 0.702. The van der Waals surface area contributed by atoms with Crippen molar-refractivity contribution in [3.8, 4) is 0 Å². The molecule has 2 N–H and O–H groups in total. The summed E-state index contributed by atoms with van der Waals surface area (Å²) in [6.45, 7) is 3.83. The Morgan fingerprint density at radius 3 is 2.33 bits per heavy atom. The molecular weight excluding hydrogens is 150 g/mol. The molecule has 2 heteroatoms. The van der Waals surface area contributed by atoms with Crippen LogP contribution in [0.4, 0.5) is 0 Å². The first kappa shape index (κ1) is 9.72. The molecule has 1 saturated carbocycles. The average Bonchev–Trinajstić information content (AvgIpc) is 2.32. The first-order chi connectivity index (χ1) is 5.49. The number of ketones is 1. The van der Waals surface area contributed by atoms with E-state index in [4.69, 9.17) is 5.73 Å². The quantitative estimate of drug-likeness (QED) is 0.701. The molecule has 1 aliphatic carbocycles. The van der Waals surface area contributed by atoms with E-state index in [1.54, 1.807) is 0 Å². The van der Waals surface area contributed by atoms with Crippen molar-refractivity contribution in [2.45, 2.75) is 51.5 Å². The Bertz CT molecular complexity index is 163. The van der Waals surface area contributed by atoms with Crippen molar-refractivity contribution in [1.29, 1.82) is 0 Å². The van der Waals surface area contributed by atoms with Crippen molar-refractivity contribution in [3.63, 3.8) is 0 Å². The van der Waals surface area contributed by atoms with Gasteiger partial charge in [0.15, 0.2) is 0 Å². The largest absolute Gasteiger partial charge is 0.325 e. The van der Waals surface area contributed by atoms with Gasteiger partial charge in [-0.15, -0.1) is 0 Å². The molecule has 12 heavy (non-hydrogen) atoms. The molecule has 0 aromatic carbocycles. The van der Waals surface area contributed by atoms with Gasteiger partial charge < -0.3 is 5.73 Å². The second-order valence-electron chi connectivity index (χ2n) is 4.61. The van der Waals surface area contributed by atoms with E-state index in [-0.39, 0.29) is 5.54 Å². The number of carbonyl (C=O) groups is 1. The van der Waals surface area contributed by atoms with Crippen LogP contribution in [0.1, 0.15) is 46.0 Å². The first-order valence-electron chi connectivity index (χ1n) is 4.81. The van der Waals surface area contributed by atoms with Gasteiger partial charge in [0.2, 0.25) is 0 Å². The third-order valence-corrected chi connectivity index (χ3v) is 2.44. The number of carbonyl (C=O) groups excluding carboxylic acids is 1. The molecular formula is C10H19NO. The highest BCUT2D eigenvalue weighted by Gasteiger charge is 2.26. The van der Waals surface area contributed by atoms with Gasteiger partial charge in [-0.05, 0) is 26.7 Å². The van der Waals surface area contributed by atoms with Gasteiger partial charge in [-0.3, -0.25) is 4.79 Å². The first-order valence-corrected chi connectivity index (χ1v) is 4.81. The molecule has 0 saturated heterocycles. The molecule has 70 valence electrons. The molecule has 1 fully saturated rings. The summed E-state index contributed by atoms with van der Waals surface area (Å²) in [4.78, 5) is 11.6. The van der Waals surface area contributed by atoms with Crippen LogP contribution in [0.25, 0.3) is 0 Å². The van der Waals surface area contributed by atoms with Crippen molar-refractivity contribution in [1.82, 2.24) is 0 Å². The lowest BCUT2D eigenvalue weighted by Gasteiger charge is -2.19. The van der Waals surface area contributed by atoms with E-state index in [9.17, 15) is 4.79 Å². The van der Waals surface area contributed by atoms with Gasteiger partial charge >= 0.3 is 0 Å². The molecule has 0 atom stereocenters. The Labute approximate surface area is 74.5 Å². The van der Waals surface area contributed by atoms with Crippen LogP contribution in [0.2, 0.25) is 0 Å². The number of Topliss-reactive ketones (excluding diaryl/α,β-unsaturated/α-hetero) is 1. The maximum Gasteiger partial charge on any atom is 0.137 e. The molecule has 0 heterocycles. The molecule has 0 amide bonds. The van der Waals surface area contributed by atoms with E-state index in [1.807, 2.05) is 13.8 Å². The van der Waals surface area contributed by atoms with E-state index < -0.39 is 0 Å². The number of rotatable bonds is 3. The Morgan fingerprint density at radius 1 is 1.42 bits per heavy atom. The highest BCUT2D eigenvalue weighted by Crippen LogP contribution is 2.27. The van der Waals surface area contributed by atoms with Crippen molar-refractivity contribution in [2.24, 2.45) is 11.7 Å². The molecule has 1 aliphatic rings. The van der Waals surface area contributed by atoms with E-state index >= 15 is 0 Å². The fraction of sp³-hybridized carbons (Fsp3) is 0.900. The normalized spacial score (nSPS) is 19.9. The zero-order chi connectivity index (χ0) is 9.19. The molecule has 0 radical (unpaired) electrons. The smallest absolute Gasteiger partial charge is 0.137 e. The Hall–Kier alpha value is -0.370. The monoisotopic (exact) mass is 169 g/mol. The summed E-state index contributed by atoms with van der Waals surface area (Å²) in [7, 11) is 0. The van der Waals surface area contributed by atoms with Gasteiger partial charge in [-0.2, -0.15) is 0 Å². The zero-order valence-corrected chi connectivity index (χ0v) is 8.10. The fourth-order valence-electron chi connectivity index (χ4n) is 1.84. The molecule has 0 aliphatic heterocycles. The zero-order valence-electron chi connectivity index (χ0n) is 8.10. The number of hydrogen-bond donors (Lipinski definition) is 1. The summed E-state index contributed by atoms with van der Waals surface area (Å²) in [5, 5.41) is 0. The van der Waals surface area contributed by atoms with Gasteiger partial charge in [-0.1, -0.05) is 12.8 Å². The predicted molar refractivity (Wildman–Crippen MR) is 49.8 cm³/mol. The van der Waals surface area contributed by atoms with Crippen molar-refractivity contribution < 1.29 is 4.79 Å². The van der Waals surface area contributed by atoms with Crippen LogP contribution in [-0.2, 0) is 4.79 Å². The molecule has 0 spiro atoms. The van der Waals surface area contributed by atoms with Crippen LogP contribution in [-0.4, -0.2) is 11.3 Å². The summed E-state index contributed by atoms with van der Waals surface area (Å²) in [6, 6.07) is 0. The molecule has 1 rings (SSSR count). The van der Waals surface area contributed by atoms with Gasteiger partial charge in [0.1, 0.15) is 5.78 Å². The maximum atomic E-state index is 11.6. The minimum atomic E-state index is -0.320. The summed E-state index contributed by atoms with van der Waals surface area (Å²) in [5.41, 5.74) is 5.46. The van der Waals surface area contributed by atoms with Crippen LogP contribution in [0.3, 0.4) is 0 Å². The molecule has 0 aromatic rings. The highest BCUT2D eigenvalue weighted by molar-refractivity contribution is 5.82. The minimum absolute atomic E-state index is 0.320. The van der Waals surface area contributed by atoms with Crippen molar-refractivity contribution >= 4 is 5.78 Å². The third kappa shape index (κ3) is 2.94. The lowest BCUT2D eigenvalue weighted by molar-refractivity contribution is -0.123. The van der Waals surface area contributed by atoms with E-state index in [0.29, 0.717) is 18.1 Å². The Balaban J connectivity index is 2.37.